The molecule has 0 aliphatic rings. The Kier molecular flexibility index (Phi) is 7.20. The van der Waals surface area contributed by atoms with Gasteiger partial charge in [0.2, 0.25) is 0 Å². The molecule has 1 rings (SSSR count). The summed E-state index contributed by atoms with van der Waals surface area (Å²) in [6.07, 6.45) is 1.65. The number of rotatable bonds is 8. The van der Waals surface area contributed by atoms with E-state index in [1.807, 2.05) is 32.9 Å². The summed E-state index contributed by atoms with van der Waals surface area (Å²) in [4.78, 5) is 0. The van der Waals surface area contributed by atoms with Crippen molar-refractivity contribution in [2.75, 3.05) is 19.8 Å². The van der Waals surface area contributed by atoms with Crippen LogP contribution in [0.25, 0.3) is 0 Å². The summed E-state index contributed by atoms with van der Waals surface area (Å²) in [5.74, 6) is 0. The number of hydrogen-bond donors (Lipinski definition) is 1. The van der Waals surface area contributed by atoms with E-state index in [-0.39, 0.29) is 5.60 Å². The molecule has 0 aromatic heterocycles. The van der Waals surface area contributed by atoms with E-state index >= 15 is 0 Å². The molecule has 0 aliphatic heterocycles. The summed E-state index contributed by atoms with van der Waals surface area (Å²) >= 11 is 0. The largest absolute Gasteiger partial charge is 0.386 e. The highest BCUT2D eigenvalue weighted by Crippen LogP contribution is 2.15. The van der Waals surface area contributed by atoms with Gasteiger partial charge in [-0.2, -0.15) is 0 Å². The van der Waals surface area contributed by atoms with Gasteiger partial charge in [0.15, 0.2) is 0 Å². The summed E-state index contributed by atoms with van der Waals surface area (Å²) in [6.45, 7) is 9.56. The van der Waals surface area contributed by atoms with Crippen LogP contribution in [0.1, 0.15) is 51.3 Å². The fraction of sp³-hybridized carbons (Fsp3) is 0.647. The highest BCUT2D eigenvalue weighted by atomic mass is 16.5. The number of aryl methyl sites for hydroxylation is 1. The first-order valence-corrected chi connectivity index (χ1v) is 7.41. The average Bonchev–Trinajstić information content (AvgIpc) is 2.38. The van der Waals surface area contributed by atoms with Crippen LogP contribution >= 0.6 is 0 Å². The van der Waals surface area contributed by atoms with Crippen LogP contribution in [0.4, 0.5) is 0 Å². The number of benzene rings is 1. The lowest BCUT2D eigenvalue weighted by molar-refractivity contribution is -0.0477. The van der Waals surface area contributed by atoms with Gasteiger partial charge in [0.25, 0.3) is 0 Å². The Hall–Kier alpha value is -0.900. The molecule has 1 N–H and O–H groups in total. The third-order valence-corrected chi connectivity index (χ3v) is 2.94. The predicted molar refractivity (Wildman–Crippen MR) is 81.9 cm³/mol. The SMILES string of the molecule is CCCc1ccc(C(O)COCCOC(C)(C)C)cc1. The van der Waals surface area contributed by atoms with E-state index < -0.39 is 6.10 Å². The fourth-order valence-corrected chi connectivity index (χ4v) is 1.89. The van der Waals surface area contributed by atoms with Crippen molar-refractivity contribution in [3.05, 3.63) is 35.4 Å². The molecule has 0 saturated carbocycles. The molecule has 0 heterocycles. The van der Waals surface area contributed by atoms with Gasteiger partial charge in [0.05, 0.1) is 25.4 Å². The van der Waals surface area contributed by atoms with Gasteiger partial charge in [0, 0.05) is 0 Å². The van der Waals surface area contributed by atoms with Crippen molar-refractivity contribution in [3.63, 3.8) is 0 Å². The van der Waals surface area contributed by atoms with Crippen LogP contribution < -0.4 is 0 Å². The Balaban J connectivity index is 2.26. The third-order valence-electron chi connectivity index (χ3n) is 2.94. The lowest BCUT2D eigenvalue weighted by Crippen LogP contribution is -2.22. The summed E-state index contributed by atoms with van der Waals surface area (Å²) in [6, 6.07) is 8.10. The number of ether oxygens (including phenoxy) is 2. The molecule has 20 heavy (non-hydrogen) atoms. The second kappa shape index (κ2) is 8.40. The van der Waals surface area contributed by atoms with Gasteiger partial charge < -0.3 is 14.6 Å². The van der Waals surface area contributed by atoms with Crippen molar-refractivity contribution in [1.29, 1.82) is 0 Å². The van der Waals surface area contributed by atoms with Crippen molar-refractivity contribution in [2.45, 2.75) is 52.2 Å². The van der Waals surface area contributed by atoms with Crippen LogP contribution in [0, 0.1) is 0 Å². The molecule has 0 bridgehead atoms. The monoisotopic (exact) mass is 280 g/mol. The minimum Gasteiger partial charge on any atom is -0.386 e. The first-order chi connectivity index (χ1) is 9.42. The molecule has 0 radical (unpaired) electrons. The number of hydrogen-bond acceptors (Lipinski definition) is 3. The normalized spacial score (nSPS) is 13.4. The molecule has 1 unspecified atom stereocenters. The Labute approximate surface area is 122 Å². The maximum Gasteiger partial charge on any atom is 0.102 e. The first-order valence-electron chi connectivity index (χ1n) is 7.41. The first kappa shape index (κ1) is 17.2. The van der Waals surface area contributed by atoms with Gasteiger partial charge in [-0.05, 0) is 38.3 Å². The van der Waals surface area contributed by atoms with Gasteiger partial charge >= 0.3 is 0 Å². The molecule has 114 valence electrons. The zero-order chi connectivity index (χ0) is 15.0. The Morgan fingerprint density at radius 2 is 1.75 bits per heavy atom. The molecule has 3 heteroatoms. The minimum absolute atomic E-state index is 0.142. The van der Waals surface area contributed by atoms with Crippen LogP contribution in [0.15, 0.2) is 24.3 Å². The quantitative estimate of drug-likeness (QED) is 0.741. The maximum atomic E-state index is 10.0. The molecule has 0 fully saturated rings. The summed E-state index contributed by atoms with van der Waals surface area (Å²) < 4.78 is 11.0. The van der Waals surface area contributed by atoms with Crippen molar-refractivity contribution in [3.8, 4) is 0 Å². The van der Waals surface area contributed by atoms with Crippen LogP contribution in [-0.4, -0.2) is 30.5 Å². The molecule has 1 atom stereocenters. The van der Waals surface area contributed by atoms with E-state index in [0.717, 1.165) is 18.4 Å². The van der Waals surface area contributed by atoms with E-state index in [1.54, 1.807) is 0 Å². The van der Waals surface area contributed by atoms with Crippen LogP contribution in [0.5, 0.6) is 0 Å². The number of aliphatic hydroxyl groups is 1. The van der Waals surface area contributed by atoms with Crippen molar-refractivity contribution in [1.82, 2.24) is 0 Å². The Morgan fingerprint density at radius 3 is 2.30 bits per heavy atom. The third kappa shape index (κ3) is 7.04. The van der Waals surface area contributed by atoms with Gasteiger partial charge in [-0.3, -0.25) is 0 Å². The van der Waals surface area contributed by atoms with Crippen LogP contribution in [-0.2, 0) is 15.9 Å². The van der Waals surface area contributed by atoms with E-state index in [0.29, 0.717) is 19.8 Å². The van der Waals surface area contributed by atoms with Gasteiger partial charge in [-0.25, -0.2) is 0 Å². The molecule has 0 amide bonds. The average molecular weight is 280 g/mol. The second-order valence-electron chi connectivity index (χ2n) is 6.04. The van der Waals surface area contributed by atoms with Crippen molar-refractivity contribution < 1.29 is 14.6 Å². The van der Waals surface area contributed by atoms with Crippen LogP contribution in [0.2, 0.25) is 0 Å². The van der Waals surface area contributed by atoms with Crippen LogP contribution in [0.3, 0.4) is 0 Å². The molecular weight excluding hydrogens is 252 g/mol. The van der Waals surface area contributed by atoms with Gasteiger partial charge in [0.1, 0.15) is 6.10 Å². The second-order valence-corrected chi connectivity index (χ2v) is 6.04. The maximum absolute atomic E-state index is 10.0. The molecule has 3 nitrogen and oxygen atoms in total. The Morgan fingerprint density at radius 1 is 1.10 bits per heavy atom. The molecule has 0 saturated heterocycles. The molecular formula is C17H28O3. The van der Waals surface area contributed by atoms with Gasteiger partial charge in [-0.15, -0.1) is 0 Å². The Bertz CT molecular complexity index is 365. The smallest absolute Gasteiger partial charge is 0.102 e. The van der Waals surface area contributed by atoms with E-state index in [2.05, 4.69) is 19.1 Å². The van der Waals surface area contributed by atoms with E-state index in [4.69, 9.17) is 9.47 Å². The minimum atomic E-state index is -0.569. The molecule has 0 aliphatic carbocycles. The topological polar surface area (TPSA) is 38.7 Å². The molecule has 1 aromatic rings. The van der Waals surface area contributed by atoms with Crippen molar-refractivity contribution >= 4 is 0 Å². The summed E-state index contributed by atoms with van der Waals surface area (Å²) in [5, 5.41) is 10.0. The zero-order valence-electron chi connectivity index (χ0n) is 13.2. The lowest BCUT2D eigenvalue weighted by atomic mass is 10.0. The highest BCUT2D eigenvalue weighted by molar-refractivity contribution is 5.24. The highest BCUT2D eigenvalue weighted by Gasteiger charge is 2.10. The zero-order valence-corrected chi connectivity index (χ0v) is 13.2. The summed E-state index contributed by atoms with van der Waals surface area (Å²) in [5.41, 5.74) is 2.07. The van der Waals surface area contributed by atoms with Crippen molar-refractivity contribution in [2.24, 2.45) is 0 Å². The number of aliphatic hydroxyl groups excluding tert-OH is 1. The molecule has 0 spiro atoms. The predicted octanol–water partition coefficient (Wildman–Crippen LogP) is 3.50. The lowest BCUT2D eigenvalue weighted by Gasteiger charge is -2.19. The van der Waals surface area contributed by atoms with E-state index in [9.17, 15) is 5.11 Å². The summed E-state index contributed by atoms with van der Waals surface area (Å²) in [7, 11) is 0. The molecule has 1 aromatic carbocycles. The fourth-order valence-electron chi connectivity index (χ4n) is 1.89. The van der Waals surface area contributed by atoms with E-state index in [1.165, 1.54) is 5.56 Å². The standard InChI is InChI=1S/C17H28O3/c1-5-6-14-7-9-15(10-8-14)16(18)13-19-11-12-20-17(2,3)4/h7-10,16,18H,5-6,11-13H2,1-4H3. The van der Waals surface area contributed by atoms with Gasteiger partial charge in [-0.1, -0.05) is 37.6 Å².